The number of piperidine rings is 1. The Bertz CT molecular complexity index is 923. The average molecular weight is 440 g/mol. The zero-order valence-corrected chi connectivity index (χ0v) is 19.2. The number of carbonyl (C=O) groups excluding carboxylic acids is 1. The van der Waals surface area contributed by atoms with E-state index in [9.17, 15) is 4.79 Å². The lowest BCUT2D eigenvalue weighted by atomic mass is 10.0. The SMILES string of the molecule is Cc1ncnc(C)c1C(=O)NCC[C@@H](C)N1CCC(Nc2ccc3c(c2)OCCO3)CC1. The fourth-order valence-electron chi connectivity index (χ4n) is 4.44. The average Bonchev–Trinajstić information content (AvgIpc) is 2.79. The Kier molecular flexibility index (Phi) is 7.09. The number of benzene rings is 1. The Morgan fingerprint density at radius 1 is 1.12 bits per heavy atom. The standard InChI is InChI=1S/C24H33N5O3/c1-16(6-9-25-24(30)23-17(2)26-15-27-18(23)3)29-10-7-19(8-11-29)28-20-4-5-21-22(14-20)32-13-12-31-21/h4-5,14-16,19,28H,6-13H2,1-3H3,(H,25,30)/t16-/m1/s1. The Hall–Kier alpha value is -2.87. The number of aryl methyl sites for hydroxylation is 2. The zero-order valence-electron chi connectivity index (χ0n) is 19.2. The fraction of sp³-hybridized carbons (Fsp3) is 0.542. The summed E-state index contributed by atoms with van der Waals surface area (Å²) in [6.07, 6.45) is 4.59. The smallest absolute Gasteiger partial charge is 0.254 e. The van der Waals surface area contributed by atoms with Crippen molar-refractivity contribution < 1.29 is 14.3 Å². The van der Waals surface area contributed by atoms with E-state index in [1.54, 1.807) is 0 Å². The maximum Gasteiger partial charge on any atom is 0.254 e. The molecule has 1 saturated heterocycles. The number of nitrogens with zero attached hydrogens (tertiary/aromatic N) is 3. The Labute approximate surface area is 189 Å². The van der Waals surface area contributed by atoms with Gasteiger partial charge in [0.15, 0.2) is 11.5 Å². The van der Waals surface area contributed by atoms with Gasteiger partial charge in [-0.15, -0.1) is 0 Å². The maximum atomic E-state index is 12.5. The molecule has 1 aromatic heterocycles. The molecule has 1 aromatic carbocycles. The number of ether oxygens (including phenoxy) is 2. The lowest BCUT2D eigenvalue weighted by Crippen LogP contribution is -2.44. The van der Waals surface area contributed by atoms with E-state index in [1.165, 1.54) is 6.33 Å². The van der Waals surface area contributed by atoms with Crippen LogP contribution in [0.5, 0.6) is 11.5 Å². The van der Waals surface area contributed by atoms with Crippen molar-refractivity contribution in [2.45, 2.75) is 52.1 Å². The van der Waals surface area contributed by atoms with Crippen molar-refractivity contribution in [3.63, 3.8) is 0 Å². The van der Waals surface area contributed by atoms with Crippen molar-refractivity contribution in [1.82, 2.24) is 20.2 Å². The first-order valence-electron chi connectivity index (χ1n) is 11.5. The highest BCUT2D eigenvalue weighted by Crippen LogP contribution is 2.33. The van der Waals surface area contributed by atoms with E-state index in [4.69, 9.17) is 9.47 Å². The number of anilines is 1. The first-order chi connectivity index (χ1) is 15.5. The molecule has 0 radical (unpaired) electrons. The predicted molar refractivity (Wildman–Crippen MR) is 124 cm³/mol. The van der Waals surface area contributed by atoms with Crippen LogP contribution in [0.3, 0.4) is 0 Å². The van der Waals surface area contributed by atoms with Gasteiger partial charge in [-0.25, -0.2) is 9.97 Å². The molecule has 2 aliphatic heterocycles. The number of nitrogens with one attached hydrogen (secondary N) is 2. The van der Waals surface area contributed by atoms with Gasteiger partial charge < -0.3 is 25.0 Å². The van der Waals surface area contributed by atoms with Crippen LogP contribution in [0.1, 0.15) is 47.9 Å². The van der Waals surface area contributed by atoms with Crippen molar-refractivity contribution >= 4 is 11.6 Å². The molecular formula is C24H33N5O3. The van der Waals surface area contributed by atoms with E-state index in [0.717, 1.165) is 60.9 Å². The Morgan fingerprint density at radius 3 is 2.53 bits per heavy atom. The van der Waals surface area contributed by atoms with Crippen LogP contribution >= 0.6 is 0 Å². The lowest BCUT2D eigenvalue weighted by Gasteiger charge is -2.36. The second-order valence-corrected chi connectivity index (χ2v) is 8.63. The van der Waals surface area contributed by atoms with E-state index in [0.29, 0.717) is 37.4 Å². The minimum absolute atomic E-state index is 0.0878. The number of carbonyl (C=O) groups is 1. The summed E-state index contributed by atoms with van der Waals surface area (Å²) in [6.45, 7) is 9.87. The molecule has 172 valence electrons. The third-order valence-corrected chi connectivity index (χ3v) is 6.37. The largest absolute Gasteiger partial charge is 0.486 e. The van der Waals surface area contributed by atoms with Crippen LogP contribution in [-0.4, -0.2) is 65.7 Å². The topological polar surface area (TPSA) is 88.6 Å². The molecule has 3 heterocycles. The van der Waals surface area contributed by atoms with Crippen molar-refractivity contribution in [3.8, 4) is 11.5 Å². The highest BCUT2D eigenvalue weighted by atomic mass is 16.6. The molecule has 32 heavy (non-hydrogen) atoms. The van der Waals surface area contributed by atoms with Crippen LogP contribution in [-0.2, 0) is 0 Å². The molecule has 2 aromatic rings. The van der Waals surface area contributed by atoms with Crippen LogP contribution < -0.4 is 20.1 Å². The van der Waals surface area contributed by atoms with E-state index < -0.39 is 0 Å². The Morgan fingerprint density at radius 2 is 1.81 bits per heavy atom. The maximum absolute atomic E-state index is 12.5. The van der Waals surface area contributed by atoms with Gasteiger partial charge in [-0.1, -0.05) is 0 Å². The molecule has 0 unspecified atom stereocenters. The summed E-state index contributed by atoms with van der Waals surface area (Å²) in [4.78, 5) is 23.3. The van der Waals surface area contributed by atoms with E-state index in [-0.39, 0.29) is 5.91 Å². The Balaban J connectivity index is 1.20. The number of aromatic nitrogens is 2. The van der Waals surface area contributed by atoms with Crippen LogP contribution in [0, 0.1) is 13.8 Å². The molecule has 0 bridgehead atoms. The summed E-state index contributed by atoms with van der Waals surface area (Å²) in [5.41, 5.74) is 3.11. The van der Waals surface area contributed by atoms with Crippen molar-refractivity contribution in [1.29, 1.82) is 0 Å². The second kappa shape index (κ2) is 10.2. The molecule has 4 rings (SSSR count). The van der Waals surface area contributed by atoms with Gasteiger partial charge in [-0.2, -0.15) is 0 Å². The lowest BCUT2D eigenvalue weighted by molar-refractivity contribution is 0.0943. The molecular weight excluding hydrogens is 406 g/mol. The van der Waals surface area contributed by atoms with Gasteiger partial charge in [0.1, 0.15) is 19.5 Å². The second-order valence-electron chi connectivity index (χ2n) is 8.63. The highest BCUT2D eigenvalue weighted by Gasteiger charge is 2.23. The van der Waals surface area contributed by atoms with Crippen molar-refractivity contribution in [2.24, 2.45) is 0 Å². The summed E-state index contributed by atoms with van der Waals surface area (Å²) < 4.78 is 11.3. The summed E-state index contributed by atoms with van der Waals surface area (Å²) in [6, 6.07) is 6.94. The molecule has 2 N–H and O–H groups in total. The molecule has 1 fully saturated rings. The first-order valence-corrected chi connectivity index (χ1v) is 11.5. The molecule has 2 aliphatic rings. The fourth-order valence-corrected chi connectivity index (χ4v) is 4.44. The number of rotatable bonds is 7. The number of fused-ring (bicyclic) bond motifs is 1. The molecule has 8 nitrogen and oxygen atoms in total. The minimum Gasteiger partial charge on any atom is -0.486 e. The summed E-state index contributed by atoms with van der Waals surface area (Å²) in [5, 5.41) is 6.68. The predicted octanol–water partition coefficient (Wildman–Crippen LogP) is 2.95. The van der Waals surface area contributed by atoms with Gasteiger partial charge in [0.25, 0.3) is 5.91 Å². The molecule has 1 atom stereocenters. The first kappa shape index (κ1) is 22.3. The van der Waals surface area contributed by atoms with Crippen molar-refractivity contribution in [3.05, 3.63) is 41.5 Å². The summed E-state index contributed by atoms with van der Waals surface area (Å²) in [5.74, 6) is 1.56. The van der Waals surface area contributed by atoms with Crippen molar-refractivity contribution in [2.75, 3.05) is 38.2 Å². The van der Waals surface area contributed by atoms with Crippen LogP contribution in [0.2, 0.25) is 0 Å². The minimum atomic E-state index is -0.0878. The van der Waals surface area contributed by atoms with Gasteiger partial charge >= 0.3 is 0 Å². The van der Waals surface area contributed by atoms with E-state index in [2.05, 4.69) is 38.5 Å². The number of hydrogen-bond donors (Lipinski definition) is 2. The van der Waals surface area contributed by atoms with E-state index in [1.807, 2.05) is 26.0 Å². The zero-order chi connectivity index (χ0) is 22.5. The van der Waals surface area contributed by atoms with Gasteiger partial charge in [-0.3, -0.25) is 4.79 Å². The normalized spacial score (nSPS) is 17.6. The van der Waals surface area contributed by atoms with E-state index >= 15 is 0 Å². The quantitative estimate of drug-likeness (QED) is 0.686. The molecule has 0 aliphatic carbocycles. The third-order valence-electron chi connectivity index (χ3n) is 6.37. The number of amides is 1. The van der Waals surface area contributed by atoms with Gasteiger partial charge in [-0.05, 0) is 52.2 Å². The van der Waals surface area contributed by atoms with Gasteiger partial charge in [0.05, 0.1) is 17.0 Å². The monoisotopic (exact) mass is 439 g/mol. The van der Waals surface area contributed by atoms with Crippen LogP contribution in [0.25, 0.3) is 0 Å². The van der Waals surface area contributed by atoms with Crippen LogP contribution in [0.4, 0.5) is 5.69 Å². The van der Waals surface area contributed by atoms with Gasteiger partial charge in [0, 0.05) is 43.5 Å². The summed E-state index contributed by atoms with van der Waals surface area (Å²) in [7, 11) is 0. The third kappa shape index (κ3) is 5.30. The van der Waals surface area contributed by atoms with Crippen LogP contribution in [0.15, 0.2) is 24.5 Å². The molecule has 8 heteroatoms. The van der Waals surface area contributed by atoms with Gasteiger partial charge in [0.2, 0.25) is 0 Å². The molecule has 1 amide bonds. The molecule has 0 saturated carbocycles. The number of hydrogen-bond acceptors (Lipinski definition) is 7. The summed E-state index contributed by atoms with van der Waals surface area (Å²) >= 11 is 0. The number of likely N-dealkylation sites (tertiary alicyclic amines) is 1. The highest BCUT2D eigenvalue weighted by molar-refractivity contribution is 5.96. The molecule has 0 spiro atoms.